The van der Waals surface area contributed by atoms with Crippen molar-refractivity contribution in [2.24, 2.45) is 16.5 Å². The fraction of sp³-hybridized carbons (Fsp3) is 0.133. The second kappa shape index (κ2) is 7.14. The summed E-state index contributed by atoms with van der Waals surface area (Å²) in [5.41, 5.74) is 11.8. The third-order valence-electron chi connectivity index (χ3n) is 2.60. The van der Waals surface area contributed by atoms with Crippen LogP contribution in [0, 0.1) is 7.14 Å². The number of halogens is 1. The second-order valence-corrected chi connectivity index (χ2v) is 7.15. The van der Waals surface area contributed by atoms with E-state index in [2.05, 4.69) is 35.3 Å². The maximum absolute atomic E-state index is 5.35. The third kappa shape index (κ3) is 4.41. The predicted molar refractivity (Wildman–Crippen MR) is 76.3 cm³/mol. The standard InChI is InChI=1S/C15H17IN3O/c1-20-14-7-5-12(6-8-14)16-13-4-2-3-11(9-13)10-19-15(17)18/h2-9H,10H2,1H3,(H4,17,18,19)/q+1. The van der Waals surface area contributed by atoms with Gasteiger partial charge in [0.15, 0.2) is 13.1 Å². The number of rotatable bonds is 5. The van der Waals surface area contributed by atoms with E-state index >= 15 is 0 Å². The molecule has 4 nitrogen and oxygen atoms in total. The van der Waals surface area contributed by atoms with Crippen molar-refractivity contribution in [2.45, 2.75) is 6.54 Å². The van der Waals surface area contributed by atoms with Gasteiger partial charge in [0.05, 0.1) is 13.7 Å². The number of ether oxygens (including phenoxy) is 1. The summed E-state index contributed by atoms with van der Waals surface area (Å²) in [4.78, 5) is 4.03. The first-order chi connectivity index (χ1) is 9.67. The van der Waals surface area contributed by atoms with Crippen molar-refractivity contribution < 1.29 is 25.9 Å². The van der Waals surface area contributed by atoms with Crippen LogP contribution >= 0.6 is 0 Å². The summed E-state index contributed by atoms with van der Waals surface area (Å²) in [5.74, 6) is 1.01. The minimum absolute atomic E-state index is 0.125. The average molecular weight is 382 g/mol. The van der Waals surface area contributed by atoms with Crippen LogP contribution in [0.15, 0.2) is 53.5 Å². The summed E-state index contributed by atoms with van der Waals surface area (Å²) < 4.78 is 7.86. The lowest BCUT2D eigenvalue weighted by Gasteiger charge is -1.97. The molecule has 0 saturated heterocycles. The molecule has 2 rings (SSSR count). The smallest absolute Gasteiger partial charge is 0.357 e. The van der Waals surface area contributed by atoms with Gasteiger partial charge in [-0.2, -0.15) is 0 Å². The molecule has 2 aromatic rings. The molecule has 0 saturated carbocycles. The topological polar surface area (TPSA) is 73.6 Å². The lowest BCUT2D eigenvalue weighted by atomic mass is 10.2. The molecule has 0 aliphatic heterocycles. The van der Waals surface area contributed by atoms with Crippen molar-refractivity contribution in [2.75, 3.05) is 7.11 Å². The van der Waals surface area contributed by atoms with Crippen LogP contribution in [0.3, 0.4) is 0 Å². The van der Waals surface area contributed by atoms with E-state index in [1.165, 1.54) is 7.14 Å². The molecular weight excluding hydrogens is 365 g/mol. The van der Waals surface area contributed by atoms with Crippen LogP contribution in [0.5, 0.6) is 5.75 Å². The zero-order valence-electron chi connectivity index (χ0n) is 11.2. The Morgan fingerprint density at radius 3 is 2.50 bits per heavy atom. The quantitative estimate of drug-likeness (QED) is 0.380. The third-order valence-corrected chi connectivity index (χ3v) is 5.24. The van der Waals surface area contributed by atoms with Crippen LogP contribution in [-0.2, 0) is 6.54 Å². The first kappa shape index (κ1) is 14.6. The molecular formula is C15H17IN3O+. The maximum atomic E-state index is 5.35. The zero-order chi connectivity index (χ0) is 14.4. The lowest BCUT2D eigenvalue weighted by molar-refractivity contribution is -0.597. The fourth-order valence-corrected chi connectivity index (χ4v) is 4.02. The highest BCUT2D eigenvalue weighted by Gasteiger charge is 2.15. The molecule has 0 unspecified atom stereocenters. The highest BCUT2D eigenvalue weighted by Crippen LogP contribution is 2.06. The van der Waals surface area contributed by atoms with Gasteiger partial charge in [0.1, 0.15) is 5.75 Å². The zero-order valence-corrected chi connectivity index (χ0v) is 13.4. The van der Waals surface area contributed by atoms with Crippen molar-refractivity contribution in [3.63, 3.8) is 0 Å². The predicted octanol–water partition coefficient (Wildman–Crippen LogP) is -1.40. The van der Waals surface area contributed by atoms with Crippen LogP contribution in [0.1, 0.15) is 5.56 Å². The van der Waals surface area contributed by atoms with E-state index in [0.717, 1.165) is 11.3 Å². The van der Waals surface area contributed by atoms with Crippen LogP contribution in [0.2, 0.25) is 0 Å². The summed E-state index contributed by atoms with van der Waals surface area (Å²) in [6.45, 7) is 0.530. The number of nitrogens with zero attached hydrogens (tertiary/aromatic N) is 1. The first-order valence-corrected chi connectivity index (χ1v) is 8.26. The number of hydrogen-bond donors (Lipinski definition) is 2. The summed E-state index contributed by atoms with van der Waals surface area (Å²) in [6, 6.07) is 16.6. The molecule has 5 heteroatoms. The highest BCUT2D eigenvalue weighted by molar-refractivity contribution is 5.75. The molecule has 2 aromatic carbocycles. The monoisotopic (exact) mass is 382 g/mol. The molecule has 0 fully saturated rings. The lowest BCUT2D eigenvalue weighted by Crippen LogP contribution is -3.61. The minimum Gasteiger partial charge on any atom is -0.497 e. The molecule has 0 aromatic heterocycles. The van der Waals surface area contributed by atoms with Crippen LogP contribution in [-0.4, -0.2) is 13.1 Å². The van der Waals surface area contributed by atoms with Crippen molar-refractivity contribution in [1.29, 1.82) is 0 Å². The number of aliphatic imine (C=N–C) groups is 1. The van der Waals surface area contributed by atoms with E-state index in [4.69, 9.17) is 16.2 Å². The van der Waals surface area contributed by atoms with Gasteiger partial charge >= 0.3 is 21.2 Å². The highest BCUT2D eigenvalue weighted by atomic mass is 127. The number of hydrogen-bond acceptors (Lipinski definition) is 2. The molecule has 0 radical (unpaired) electrons. The molecule has 104 valence electrons. The number of methoxy groups -OCH3 is 1. The second-order valence-electron chi connectivity index (χ2n) is 4.12. The molecule has 0 amide bonds. The van der Waals surface area contributed by atoms with E-state index in [9.17, 15) is 0 Å². The van der Waals surface area contributed by atoms with E-state index in [1.54, 1.807) is 7.11 Å². The number of guanidine groups is 1. The molecule has 0 bridgehead atoms. The van der Waals surface area contributed by atoms with E-state index in [1.807, 2.05) is 18.2 Å². The number of nitrogens with two attached hydrogens (primary N) is 2. The van der Waals surface area contributed by atoms with Gasteiger partial charge in [-0.15, -0.1) is 0 Å². The average Bonchev–Trinajstić information content (AvgIpc) is 2.46. The largest absolute Gasteiger partial charge is 0.497 e. The van der Waals surface area contributed by atoms with Crippen molar-refractivity contribution >= 4 is 5.96 Å². The Morgan fingerprint density at radius 2 is 1.85 bits per heavy atom. The molecule has 0 atom stereocenters. The SMILES string of the molecule is COc1ccc([I+]c2cccc(CN=C(N)N)c2)cc1. The van der Waals surface area contributed by atoms with E-state index < -0.39 is 0 Å². The minimum atomic E-state index is -0.200. The van der Waals surface area contributed by atoms with Crippen LogP contribution in [0.25, 0.3) is 0 Å². The van der Waals surface area contributed by atoms with Crippen LogP contribution in [0.4, 0.5) is 0 Å². The van der Waals surface area contributed by atoms with Gasteiger partial charge in [0.25, 0.3) is 0 Å². The van der Waals surface area contributed by atoms with Crippen LogP contribution < -0.4 is 37.4 Å². The van der Waals surface area contributed by atoms with Gasteiger partial charge < -0.3 is 16.2 Å². The van der Waals surface area contributed by atoms with Gasteiger partial charge in [0, 0.05) is 0 Å². The first-order valence-electron chi connectivity index (χ1n) is 6.10. The fourth-order valence-electron chi connectivity index (χ4n) is 1.64. The molecule has 0 spiro atoms. The molecule has 0 aliphatic carbocycles. The van der Waals surface area contributed by atoms with Crippen molar-refractivity contribution in [3.05, 3.63) is 61.2 Å². The Bertz CT molecular complexity index is 592. The molecule has 0 aliphatic rings. The normalized spacial score (nSPS) is 10.1. The van der Waals surface area contributed by atoms with E-state index in [0.29, 0.717) is 6.54 Å². The summed E-state index contributed by atoms with van der Waals surface area (Å²) in [7, 11) is 1.68. The van der Waals surface area contributed by atoms with E-state index in [-0.39, 0.29) is 27.2 Å². The van der Waals surface area contributed by atoms with Gasteiger partial charge in [-0.3, -0.25) is 0 Å². The van der Waals surface area contributed by atoms with Crippen molar-refractivity contribution in [1.82, 2.24) is 0 Å². The Hall–Kier alpha value is -1.76. The Kier molecular flexibility index (Phi) is 5.23. The Morgan fingerprint density at radius 1 is 1.10 bits per heavy atom. The summed E-state index contributed by atoms with van der Waals surface area (Å²) >= 11 is -0.200. The van der Waals surface area contributed by atoms with Gasteiger partial charge in [-0.05, 0) is 42.0 Å². The summed E-state index contributed by atoms with van der Waals surface area (Å²) in [5, 5.41) is 0. The molecule has 0 heterocycles. The van der Waals surface area contributed by atoms with Gasteiger partial charge in [-0.1, -0.05) is 12.1 Å². The summed E-state index contributed by atoms with van der Waals surface area (Å²) in [6.07, 6.45) is 0. The molecule has 4 N–H and O–H groups in total. The Balaban J connectivity index is 2.08. The Labute approximate surface area is 129 Å². The van der Waals surface area contributed by atoms with Gasteiger partial charge in [0.2, 0.25) is 0 Å². The van der Waals surface area contributed by atoms with Gasteiger partial charge in [-0.25, -0.2) is 4.99 Å². The number of benzene rings is 2. The molecule has 20 heavy (non-hydrogen) atoms. The van der Waals surface area contributed by atoms with Crippen molar-refractivity contribution in [3.8, 4) is 5.75 Å². The maximum Gasteiger partial charge on any atom is 0.357 e.